The second-order valence-electron chi connectivity index (χ2n) is 5.49. The Morgan fingerprint density at radius 1 is 1.47 bits per heavy atom. The van der Waals surface area contributed by atoms with Gasteiger partial charge in [0.2, 0.25) is 0 Å². The smallest absolute Gasteiger partial charge is 0.270 e. The third kappa shape index (κ3) is 2.53. The van der Waals surface area contributed by atoms with Gasteiger partial charge in [-0.2, -0.15) is 0 Å². The van der Waals surface area contributed by atoms with Crippen LogP contribution in [0.3, 0.4) is 0 Å². The van der Waals surface area contributed by atoms with Crippen LogP contribution in [0.1, 0.15) is 30.3 Å². The van der Waals surface area contributed by atoms with Crippen LogP contribution in [0.25, 0.3) is 0 Å². The molecule has 0 bridgehead atoms. The predicted octanol–water partition coefficient (Wildman–Crippen LogP) is 1.42. The van der Waals surface area contributed by atoms with E-state index in [1.54, 1.807) is 6.20 Å². The molecule has 0 saturated carbocycles. The summed E-state index contributed by atoms with van der Waals surface area (Å²) >= 11 is 0. The molecule has 104 valence electrons. The molecule has 1 amide bonds. The van der Waals surface area contributed by atoms with Gasteiger partial charge in [-0.15, -0.1) is 0 Å². The van der Waals surface area contributed by atoms with Crippen LogP contribution in [0.4, 0.5) is 0 Å². The molecule has 19 heavy (non-hydrogen) atoms. The molecular formula is C14H20N2O3. The van der Waals surface area contributed by atoms with Gasteiger partial charge in [-0.1, -0.05) is 0 Å². The molecule has 0 aliphatic carbocycles. The van der Waals surface area contributed by atoms with Crippen molar-refractivity contribution in [3.05, 3.63) is 24.0 Å². The molecule has 3 heterocycles. The number of aromatic nitrogens is 1. The quantitative estimate of drug-likeness (QED) is 0.834. The van der Waals surface area contributed by atoms with E-state index >= 15 is 0 Å². The summed E-state index contributed by atoms with van der Waals surface area (Å²) in [6.45, 7) is 4.79. The number of hydrogen-bond donors (Lipinski definition) is 1. The van der Waals surface area contributed by atoms with E-state index in [2.05, 4.69) is 4.98 Å². The Morgan fingerprint density at radius 2 is 2.26 bits per heavy atom. The summed E-state index contributed by atoms with van der Waals surface area (Å²) in [4.78, 5) is 17.3. The molecule has 5 nitrogen and oxygen atoms in total. The number of H-pyrrole nitrogens is 1. The number of rotatable bonds is 1. The summed E-state index contributed by atoms with van der Waals surface area (Å²) < 4.78 is 11.5. The van der Waals surface area contributed by atoms with Gasteiger partial charge in [0.1, 0.15) is 5.69 Å². The molecule has 1 atom stereocenters. The monoisotopic (exact) mass is 264 g/mol. The van der Waals surface area contributed by atoms with E-state index in [0.29, 0.717) is 18.8 Å². The Kier molecular flexibility index (Phi) is 3.33. The highest BCUT2D eigenvalue weighted by atomic mass is 16.5. The van der Waals surface area contributed by atoms with Gasteiger partial charge in [0, 0.05) is 38.8 Å². The van der Waals surface area contributed by atoms with Gasteiger partial charge in [-0.3, -0.25) is 4.79 Å². The van der Waals surface area contributed by atoms with Crippen molar-refractivity contribution in [3.8, 4) is 0 Å². The third-order valence-electron chi connectivity index (χ3n) is 3.93. The SMILES string of the molecule is C[C@H]1CN(C(=O)c2ccc[nH]2)CC2(CCOCC2)O1. The van der Waals surface area contributed by atoms with Gasteiger partial charge in [0.05, 0.1) is 18.2 Å². The number of morpholine rings is 1. The Bertz CT molecular complexity index is 438. The van der Waals surface area contributed by atoms with Crippen molar-refractivity contribution in [3.63, 3.8) is 0 Å². The number of carbonyl (C=O) groups excluding carboxylic acids is 1. The molecule has 1 aromatic rings. The minimum atomic E-state index is -0.210. The van der Waals surface area contributed by atoms with Gasteiger partial charge in [0.15, 0.2) is 0 Å². The number of ether oxygens (including phenoxy) is 2. The van der Waals surface area contributed by atoms with E-state index in [1.807, 2.05) is 24.0 Å². The fraction of sp³-hybridized carbons (Fsp3) is 0.643. The van der Waals surface area contributed by atoms with Crippen molar-refractivity contribution >= 4 is 5.91 Å². The van der Waals surface area contributed by atoms with E-state index in [0.717, 1.165) is 26.1 Å². The first kappa shape index (κ1) is 12.7. The zero-order valence-electron chi connectivity index (χ0n) is 11.2. The first-order chi connectivity index (χ1) is 9.19. The van der Waals surface area contributed by atoms with E-state index in [4.69, 9.17) is 9.47 Å². The number of aromatic amines is 1. The summed E-state index contributed by atoms with van der Waals surface area (Å²) in [7, 11) is 0. The van der Waals surface area contributed by atoms with Crippen LogP contribution < -0.4 is 0 Å². The largest absolute Gasteiger partial charge is 0.381 e. The number of carbonyl (C=O) groups is 1. The highest BCUT2D eigenvalue weighted by Crippen LogP contribution is 2.31. The third-order valence-corrected chi connectivity index (χ3v) is 3.93. The maximum Gasteiger partial charge on any atom is 0.270 e. The summed E-state index contributed by atoms with van der Waals surface area (Å²) in [6.07, 6.45) is 3.59. The second kappa shape index (κ2) is 4.98. The van der Waals surface area contributed by atoms with Crippen LogP contribution in [-0.4, -0.2) is 53.8 Å². The normalized spacial score (nSPS) is 26.6. The first-order valence-corrected chi connectivity index (χ1v) is 6.87. The van der Waals surface area contributed by atoms with Crippen molar-refractivity contribution < 1.29 is 14.3 Å². The average molecular weight is 264 g/mol. The number of nitrogens with zero attached hydrogens (tertiary/aromatic N) is 1. The van der Waals surface area contributed by atoms with Gasteiger partial charge in [-0.25, -0.2) is 0 Å². The molecule has 0 unspecified atom stereocenters. The summed E-state index contributed by atoms with van der Waals surface area (Å²) in [5.41, 5.74) is 0.439. The fourth-order valence-corrected chi connectivity index (χ4v) is 3.03. The second-order valence-corrected chi connectivity index (χ2v) is 5.49. The lowest BCUT2D eigenvalue weighted by molar-refractivity contribution is -0.176. The van der Waals surface area contributed by atoms with Crippen molar-refractivity contribution in [2.24, 2.45) is 0 Å². The number of hydrogen-bond acceptors (Lipinski definition) is 3. The van der Waals surface area contributed by atoms with Crippen LogP contribution in [0.5, 0.6) is 0 Å². The van der Waals surface area contributed by atoms with Crippen molar-refractivity contribution in [2.45, 2.75) is 31.5 Å². The van der Waals surface area contributed by atoms with Crippen molar-refractivity contribution in [1.29, 1.82) is 0 Å². The Hall–Kier alpha value is -1.33. The minimum Gasteiger partial charge on any atom is -0.381 e. The molecule has 0 aromatic carbocycles. The topological polar surface area (TPSA) is 54.6 Å². The first-order valence-electron chi connectivity index (χ1n) is 6.87. The van der Waals surface area contributed by atoms with Crippen LogP contribution in [0, 0.1) is 0 Å². The lowest BCUT2D eigenvalue weighted by atomic mass is 9.91. The maximum atomic E-state index is 12.4. The lowest BCUT2D eigenvalue weighted by Gasteiger charge is -2.47. The molecule has 1 N–H and O–H groups in total. The zero-order valence-corrected chi connectivity index (χ0v) is 11.2. The molecule has 5 heteroatoms. The predicted molar refractivity (Wildman–Crippen MR) is 70.0 cm³/mol. The summed E-state index contributed by atoms with van der Waals surface area (Å²) in [6, 6.07) is 3.67. The minimum absolute atomic E-state index is 0.0611. The number of amides is 1. The molecule has 2 saturated heterocycles. The Morgan fingerprint density at radius 3 is 2.95 bits per heavy atom. The van der Waals surface area contributed by atoms with Crippen LogP contribution in [-0.2, 0) is 9.47 Å². The van der Waals surface area contributed by atoms with Gasteiger partial charge < -0.3 is 19.4 Å². The zero-order chi connectivity index (χ0) is 13.3. The van der Waals surface area contributed by atoms with E-state index in [-0.39, 0.29) is 17.6 Å². The van der Waals surface area contributed by atoms with Crippen LogP contribution in [0.15, 0.2) is 18.3 Å². The fourth-order valence-electron chi connectivity index (χ4n) is 3.03. The van der Waals surface area contributed by atoms with E-state index in [1.165, 1.54) is 0 Å². The summed E-state index contributed by atoms with van der Waals surface area (Å²) in [5.74, 6) is 0.0611. The molecular weight excluding hydrogens is 244 g/mol. The highest BCUT2D eigenvalue weighted by molar-refractivity contribution is 5.92. The number of nitrogens with one attached hydrogen (secondary N) is 1. The van der Waals surface area contributed by atoms with E-state index < -0.39 is 0 Å². The molecule has 0 radical (unpaired) electrons. The highest BCUT2D eigenvalue weighted by Gasteiger charge is 2.42. The molecule has 2 aliphatic rings. The molecule has 2 aliphatic heterocycles. The maximum absolute atomic E-state index is 12.4. The molecule has 1 spiro atoms. The molecule has 3 rings (SSSR count). The van der Waals surface area contributed by atoms with Crippen molar-refractivity contribution in [1.82, 2.24) is 9.88 Å². The average Bonchev–Trinajstić information content (AvgIpc) is 2.91. The molecule has 2 fully saturated rings. The lowest BCUT2D eigenvalue weighted by Crippen LogP contribution is -2.58. The molecule has 1 aromatic heterocycles. The van der Waals surface area contributed by atoms with Gasteiger partial charge >= 0.3 is 0 Å². The van der Waals surface area contributed by atoms with Crippen LogP contribution >= 0.6 is 0 Å². The van der Waals surface area contributed by atoms with Crippen molar-refractivity contribution in [2.75, 3.05) is 26.3 Å². The van der Waals surface area contributed by atoms with Crippen LogP contribution in [0.2, 0.25) is 0 Å². The standard InChI is InChI=1S/C14H20N2O3/c1-11-9-16(13(17)12-3-2-6-15-12)10-14(19-11)4-7-18-8-5-14/h2-3,6,11,15H,4-5,7-10H2,1H3/t11-/m0/s1. The van der Waals surface area contributed by atoms with E-state index in [9.17, 15) is 4.79 Å². The van der Waals surface area contributed by atoms with Gasteiger partial charge in [0.25, 0.3) is 5.91 Å². The Balaban J connectivity index is 1.77. The van der Waals surface area contributed by atoms with Gasteiger partial charge in [-0.05, 0) is 19.1 Å². The Labute approximate surface area is 112 Å². The summed E-state index contributed by atoms with van der Waals surface area (Å²) in [5, 5.41) is 0.